The second-order valence-corrected chi connectivity index (χ2v) is 11.3. The number of aliphatic imine (C=N–C) groups is 1. The van der Waals surface area contributed by atoms with E-state index in [0.717, 1.165) is 12.6 Å². The van der Waals surface area contributed by atoms with Gasteiger partial charge in [0.05, 0.1) is 8.07 Å². The minimum absolute atomic E-state index is 0.392. The van der Waals surface area contributed by atoms with Crippen molar-refractivity contribution in [3.63, 3.8) is 0 Å². The van der Waals surface area contributed by atoms with Gasteiger partial charge in [-0.05, 0) is 18.1 Å². The zero-order valence-corrected chi connectivity index (χ0v) is 10.4. The second-order valence-electron chi connectivity index (χ2n) is 5.85. The Morgan fingerprint density at radius 1 is 1.17 bits per heavy atom. The molecular weight excluding hydrogens is 162 g/mol. The van der Waals surface area contributed by atoms with Crippen LogP contribution >= 0.6 is 0 Å². The largest absolute Gasteiger partial charge is 0.301 e. The van der Waals surface area contributed by atoms with E-state index < -0.39 is 8.07 Å². The van der Waals surface area contributed by atoms with Crippen LogP contribution in [0.1, 0.15) is 27.2 Å². The van der Waals surface area contributed by atoms with Gasteiger partial charge in [-0.15, -0.1) is 0 Å². The molecule has 72 valence electrons. The van der Waals surface area contributed by atoms with Crippen LogP contribution in [-0.4, -0.2) is 20.5 Å². The molecule has 0 aromatic heterocycles. The van der Waals surface area contributed by atoms with Crippen LogP contribution in [-0.2, 0) is 0 Å². The third-order valence-electron chi connectivity index (χ3n) is 1.40. The number of hydrogen-bond acceptors (Lipinski definition) is 1. The normalized spacial score (nSPS) is 14.2. The van der Waals surface area contributed by atoms with Gasteiger partial charge in [-0.25, -0.2) is 0 Å². The van der Waals surface area contributed by atoms with Crippen molar-refractivity contribution >= 4 is 14.3 Å². The monoisotopic (exact) mass is 185 g/mol. The van der Waals surface area contributed by atoms with E-state index in [-0.39, 0.29) is 0 Å². The SMILES string of the molecule is CC(C)(C)CC=NC[Si](C)(C)C. The van der Waals surface area contributed by atoms with Gasteiger partial charge in [-0.3, -0.25) is 0 Å². The average Bonchev–Trinajstić information content (AvgIpc) is 1.76. The number of hydrogen-bond donors (Lipinski definition) is 0. The van der Waals surface area contributed by atoms with Gasteiger partial charge >= 0.3 is 0 Å². The molecule has 0 aliphatic rings. The minimum Gasteiger partial charge on any atom is -0.301 e. The summed E-state index contributed by atoms with van der Waals surface area (Å²) >= 11 is 0. The Morgan fingerprint density at radius 3 is 2.00 bits per heavy atom. The predicted molar refractivity (Wildman–Crippen MR) is 60.8 cm³/mol. The zero-order valence-electron chi connectivity index (χ0n) is 9.44. The third kappa shape index (κ3) is 9.89. The van der Waals surface area contributed by atoms with Gasteiger partial charge in [0.25, 0.3) is 0 Å². The van der Waals surface area contributed by atoms with Crippen LogP contribution in [0.3, 0.4) is 0 Å². The Hall–Kier alpha value is -0.113. The molecule has 0 aliphatic carbocycles. The lowest BCUT2D eigenvalue weighted by Crippen LogP contribution is -2.24. The van der Waals surface area contributed by atoms with E-state index in [1.54, 1.807) is 0 Å². The van der Waals surface area contributed by atoms with E-state index in [9.17, 15) is 0 Å². The first-order valence-corrected chi connectivity index (χ1v) is 8.40. The fourth-order valence-electron chi connectivity index (χ4n) is 0.677. The van der Waals surface area contributed by atoms with Crippen molar-refractivity contribution in [2.75, 3.05) is 6.17 Å². The minimum atomic E-state index is -0.951. The van der Waals surface area contributed by atoms with Crippen molar-refractivity contribution in [1.82, 2.24) is 0 Å². The van der Waals surface area contributed by atoms with Crippen molar-refractivity contribution in [2.24, 2.45) is 10.4 Å². The smallest absolute Gasteiger partial charge is 0.0692 e. The maximum Gasteiger partial charge on any atom is 0.0692 e. The Morgan fingerprint density at radius 2 is 1.67 bits per heavy atom. The molecule has 0 radical (unpaired) electrons. The molecular formula is C10H23NSi. The van der Waals surface area contributed by atoms with Crippen LogP contribution in [0.15, 0.2) is 4.99 Å². The second kappa shape index (κ2) is 4.22. The number of rotatable bonds is 3. The molecule has 0 atom stereocenters. The van der Waals surface area contributed by atoms with Crippen LogP contribution in [0.4, 0.5) is 0 Å². The fraction of sp³-hybridized carbons (Fsp3) is 0.900. The maximum absolute atomic E-state index is 4.46. The quantitative estimate of drug-likeness (QED) is 0.472. The Kier molecular flexibility index (Phi) is 4.18. The summed E-state index contributed by atoms with van der Waals surface area (Å²) in [5, 5.41) is 0. The summed E-state index contributed by atoms with van der Waals surface area (Å²) in [6.07, 6.45) is 4.26. The standard InChI is InChI=1S/C10H23NSi/c1-10(2,3)7-8-11-9-12(4,5)6/h8H,7,9H2,1-6H3. The highest BCUT2D eigenvalue weighted by Crippen LogP contribution is 2.16. The molecule has 1 nitrogen and oxygen atoms in total. The van der Waals surface area contributed by atoms with Gasteiger partial charge in [0.1, 0.15) is 0 Å². The van der Waals surface area contributed by atoms with E-state index in [1.807, 2.05) is 0 Å². The van der Waals surface area contributed by atoms with Gasteiger partial charge in [-0.2, -0.15) is 0 Å². The van der Waals surface area contributed by atoms with E-state index in [0.29, 0.717) is 5.41 Å². The molecule has 0 spiro atoms. The molecule has 0 amide bonds. The topological polar surface area (TPSA) is 12.4 Å². The summed E-state index contributed by atoms with van der Waals surface area (Å²) in [6, 6.07) is 0. The van der Waals surface area contributed by atoms with Crippen LogP contribution in [0.2, 0.25) is 19.6 Å². The maximum atomic E-state index is 4.46. The highest BCUT2D eigenvalue weighted by atomic mass is 28.3. The van der Waals surface area contributed by atoms with Crippen molar-refractivity contribution in [2.45, 2.75) is 46.8 Å². The van der Waals surface area contributed by atoms with Crippen LogP contribution in [0, 0.1) is 5.41 Å². The molecule has 12 heavy (non-hydrogen) atoms. The molecule has 0 saturated heterocycles. The first kappa shape index (κ1) is 11.9. The molecule has 0 aromatic rings. The first-order valence-electron chi connectivity index (χ1n) is 4.69. The van der Waals surface area contributed by atoms with E-state index in [2.05, 4.69) is 51.6 Å². The summed E-state index contributed by atoms with van der Waals surface area (Å²) in [5.41, 5.74) is 0.392. The molecule has 0 unspecified atom stereocenters. The molecule has 0 aromatic carbocycles. The Balaban J connectivity index is 3.66. The molecule has 0 rings (SSSR count). The molecule has 0 bridgehead atoms. The Labute approximate surface area is 78.3 Å². The molecule has 0 heterocycles. The van der Waals surface area contributed by atoms with E-state index >= 15 is 0 Å². The van der Waals surface area contributed by atoms with Crippen molar-refractivity contribution in [3.8, 4) is 0 Å². The van der Waals surface area contributed by atoms with Crippen LogP contribution in [0.25, 0.3) is 0 Å². The lowest BCUT2D eigenvalue weighted by molar-refractivity contribution is 0.437. The lowest BCUT2D eigenvalue weighted by Gasteiger charge is -2.15. The highest BCUT2D eigenvalue weighted by molar-refractivity contribution is 6.76. The molecule has 0 aliphatic heterocycles. The summed E-state index contributed by atoms with van der Waals surface area (Å²) < 4.78 is 0. The molecule has 2 heteroatoms. The van der Waals surface area contributed by atoms with Crippen LogP contribution < -0.4 is 0 Å². The first-order chi connectivity index (χ1) is 5.21. The highest BCUT2D eigenvalue weighted by Gasteiger charge is 2.11. The van der Waals surface area contributed by atoms with Gasteiger partial charge < -0.3 is 4.99 Å². The third-order valence-corrected chi connectivity index (χ3v) is 2.53. The van der Waals surface area contributed by atoms with E-state index in [4.69, 9.17) is 0 Å². The van der Waals surface area contributed by atoms with Crippen molar-refractivity contribution in [3.05, 3.63) is 0 Å². The van der Waals surface area contributed by atoms with Crippen molar-refractivity contribution < 1.29 is 0 Å². The van der Waals surface area contributed by atoms with Gasteiger partial charge in [0.15, 0.2) is 0 Å². The van der Waals surface area contributed by atoms with Gasteiger partial charge in [-0.1, -0.05) is 40.4 Å². The van der Waals surface area contributed by atoms with Gasteiger partial charge in [0.2, 0.25) is 0 Å². The molecule has 0 N–H and O–H groups in total. The average molecular weight is 185 g/mol. The fourth-order valence-corrected chi connectivity index (χ4v) is 1.35. The molecule has 0 fully saturated rings. The van der Waals surface area contributed by atoms with E-state index in [1.165, 1.54) is 0 Å². The summed E-state index contributed by atoms with van der Waals surface area (Å²) in [7, 11) is -0.951. The predicted octanol–water partition coefficient (Wildman–Crippen LogP) is 3.37. The molecule has 0 saturated carbocycles. The lowest BCUT2D eigenvalue weighted by atomic mass is 9.93. The van der Waals surface area contributed by atoms with Crippen molar-refractivity contribution in [1.29, 1.82) is 0 Å². The summed E-state index contributed by atoms with van der Waals surface area (Å²) in [4.78, 5) is 4.46. The summed E-state index contributed by atoms with van der Waals surface area (Å²) in [5.74, 6) is 0. The number of nitrogens with zero attached hydrogens (tertiary/aromatic N) is 1. The van der Waals surface area contributed by atoms with Gasteiger partial charge in [0, 0.05) is 6.17 Å². The summed E-state index contributed by atoms with van der Waals surface area (Å²) in [6.45, 7) is 13.8. The Bertz CT molecular complexity index is 130. The zero-order chi connectivity index (χ0) is 9.83. The van der Waals surface area contributed by atoms with Crippen LogP contribution in [0.5, 0.6) is 0 Å².